The average Bonchev–Trinajstić information content (AvgIpc) is 3.46. The average molecular weight is 434 g/mol. The van der Waals surface area contributed by atoms with Crippen molar-refractivity contribution in [2.45, 2.75) is 71.3 Å². The van der Waals surface area contributed by atoms with Gasteiger partial charge in [-0.3, -0.25) is 9.69 Å². The molecule has 168 valence electrons. The van der Waals surface area contributed by atoms with Crippen LogP contribution in [0.25, 0.3) is 0 Å². The monoisotopic (exact) mass is 433 g/mol. The highest BCUT2D eigenvalue weighted by Crippen LogP contribution is 2.45. The molecular weight excluding hydrogens is 394 g/mol. The fraction of sp³-hybridized carbons (Fsp3) is 0.720. The van der Waals surface area contributed by atoms with Gasteiger partial charge in [-0.05, 0) is 66.9 Å². The van der Waals surface area contributed by atoms with Gasteiger partial charge in [-0.15, -0.1) is 12.4 Å². The zero-order valence-electron chi connectivity index (χ0n) is 19.0. The Bertz CT molecular complexity index is 715. The molecule has 2 N–H and O–H groups in total. The highest BCUT2D eigenvalue weighted by Gasteiger charge is 2.43. The van der Waals surface area contributed by atoms with Crippen molar-refractivity contribution in [1.29, 1.82) is 0 Å². The van der Waals surface area contributed by atoms with Gasteiger partial charge in [0, 0.05) is 44.3 Å². The molecule has 1 aromatic rings. The zero-order valence-corrected chi connectivity index (χ0v) is 19.8. The molecule has 2 unspecified atom stereocenters. The predicted molar refractivity (Wildman–Crippen MR) is 127 cm³/mol. The van der Waals surface area contributed by atoms with Gasteiger partial charge in [0.2, 0.25) is 5.91 Å². The van der Waals surface area contributed by atoms with Crippen molar-refractivity contribution < 1.29 is 4.79 Å². The van der Waals surface area contributed by atoms with Gasteiger partial charge in [-0.25, -0.2) is 0 Å². The third-order valence-corrected chi connectivity index (χ3v) is 7.80. The Balaban J connectivity index is 0.00000256. The van der Waals surface area contributed by atoms with Gasteiger partial charge in [0.25, 0.3) is 0 Å². The Labute approximate surface area is 189 Å². The second-order valence-corrected chi connectivity index (χ2v) is 10.7. The number of para-hydroxylation sites is 1. The highest BCUT2D eigenvalue weighted by atomic mass is 35.5. The van der Waals surface area contributed by atoms with Crippen LogP contribution in [-0.2, 0) is 4.79 Å². The van der Waals surface area contributed by atoms with E-state index in [1.54, 1.807) is 5.56 Å². The Kier molecular flexibility index (Phi) is 7.40. The lowest BCUT2D eigenvalue weighted by atomic mass is 9.68. The number of anilines is 1. The van der Waals surface area contributed by atoms with Gasteiger partial charge < -0.3 is 10.6 Å². The van der Waals surface area contributed by atoms with E-state index < -0.39 is 0 Å². The minimum absolute atomic E-state index is 0. The summed E-state index contributed by atoms with van der Waals surface area (Å²) in [6.07, 6.45) is 7.09. The minimum atomic E-state index is -0.147. The van der Waals surface area contributed by atoms with Gasteiger partial charge in [0.1, 0.15) is 0 Å². The maximum Gasteiger partial charge on any atom is 0.217 e. The van der Waals surface area contributed by atoms with E-state index in [0.29, 0.717) is 29.7 Å². The summed E-state index contributed by atoms with van der Waals surface area (Å²) in [7, 11) is 0. The van der Waals surface area contributed by atoms with Crippen LogP contribution in [0.2, 0.25) is 0 Å². The van der Waals surface area contributed by atoms with Crippen molar-refractivity contribution in [2.75, 3.05) is 31.1 Å². The van der Waals surface area contributed by atoms with E-state index in [2.05, 4.69) is 54.8 Å². The molecule has 1 saturated heterocycles. The van der Waals surface area contributed by atoms with Crippen LogP contribution in [0.3, 0.4) is 0 Å². The number of nitrogens with two attached hydrogens (primary N) is 1. The third kappa shape index (κ3) is 5.31. The Hall–Kier alpha value is -1.26. The molecule has 0 bridgehead atoms. The molecule has 2 aliphatic carbocycles. The molecule has 1 amide bonds. The summed E-state index contributed by atoms with van der Waals surface area (Å²) < 4.78 is 0. The lowest BCUT2D eigenvalue weighted by Crippen LogP contribution is -2.48. The first-order valence-corrected chi connectivity index (χ1v) is 11.7. The minimum Gasteiger partial charge on any atom is -0.370 e. The summed E-state index contributed by atoms with van der Waals surface area (Å²) in [6.45, 7) is 11.6. The van der Waals surface area contributed by atoms with Crippen molar-refractivity contribution in [3.05, 3.63) is 29.8 Å². The molecule has 4 rings (SSSR count). The van der Waals surface area contributed by atoms with Gasteiger partial charge >= 0.3 is 0 Å². The van der Waals surface area contributed by atoms with Crippen LogP contribution in [0.1, 0.15) is 70.8 Å². The summed E-state index contributed by atoms with van der Waals surface area (Å²) in [5.41, 5.74) is 8.86. The lowest BCUT2D eigenvalue weighted by molar-refractivity contribution is -0.118. The summed E-state index contributed by atoms with van der Waals surface area (Å²) in [6, 6.07) is 9.74. The van der Waals surface area contributed by atoms with Crippen LogP contribution >= 0.6 is 12.4 Å². The van der Waals surface area contributed by atoms with E-state index in [0.717, 1.165) is 38.5 Å². The van der Waals surface area contributed by atoms with E-state index in [4.69, 9.17) is 5.73 Å². The first-order valence-electron chi connectivity index (χ1n) is 11.7. The van der Waals surface area contributed by atoms with Crippen molar-refractivity contribution >= 4 is 24.0 Å². The molecule has 30 heavy (non-hydrogen) atoms. The number of nitrogens with zero attached hydrogens (tertiary/aromatic N) is 2. The third-order valence-electron chi connectivity index (χ3n) is 7.80. The number of hydrogen-bond donors (Lipinski definition) is 1. The number of halogens is 1. The van der Waals surface area contributed by atoms with Crippen molar-refractivity contribution in [1.82, 2.24) is 4.90 Å². The molecule has 0 spiro atoms. The summed E-state index contributed by atoms with van der Waals surface area (Å²) >= 11 is 0. The summed E-state index contributed by atoms with van der Waals surface area (Å²) in [5, 5.41) is 0. The highest BCUT2D eigenvalue weighted by molar-refractivity contribution is 5.85. The van der Waals surface area contributed by atoms with Crippen LogP contribution in [0, 0.1) is 17.3 Å². The van der Waals surface area contributed by atoms with Crippen LogP contribution in [0.5, 0.6) is 0 Å². The molecular formula is C25H40ClN3O. The largest absolute Gasteiger partial charge is 0.370 e. The Morgan fingerprint density at radius 1 is 1.03 bits per heavy atom. The summed E-state index contributed by atoms with van der Waals surface area (Å²) in [4.78, 5) is 16.4. The molecule has 0 radical (unpaired) electrons. The molecule has 5 heteroatoms. The van der Waals surface area contributed by atoms with Crippen LogP contribution < -0.4 is 10.6 Å². The normalized spacial score (nSPS) is 29.9. The smallest absolute Gasteiger partial charge is 0.217 e. The zero-order chi connectivity index (χ0) is 20.6. The number of carbonyl (C=O) groups is 1. The maximum absolute atomic E-state index is 11.2. The quantitative estimate of drug-likeness (QED) is 0.724. The van der Waals surface area contributed by atoms with Crippen molar-refractivity contribution in [3.63, 3.8) is 0 Å². The molecule has 2 saturated carbocycles. The molecule has 2 atom stereocenters. The van der Waals surface area contributed by atoms with E-state index in [9.17, 15) is 4.79 Å². The van der Waals surface area contributed by atoms with Gasteiger partial charge in [0.15, 0.2) is 0 Å². The fourth-order valence-electron chi connectivity index (χ4n) is 5.84. The number of rotatable bonds is 5. The molecule has 3 fully saturated rings. The van der Waals surface area contributed by atoms with Crippen molar-refractivity contribution in [3.8, 4) is 0 Å². The number of benzene rings is 1. The molecule has 1 heterocycles. The number of amides is 1. The standard InChI is InChI=1S/C25H39N3O.ClH/c1-25(2,3)20-10-8-18(9-11-20)21-6-4-5-7-22(21)27-12-14-28(15-13-27)23-16-19(23)17-24(26)29;/h4-7,18-20,23H,8-17H2,1-3H3,(H2,26,29);1H. The molecule has 1 aromatic carbocycles. The van der Waals surface area contributed by atoms with E-state index in [-0.39, 0.29) is 18.3 Å². The molecule has 4 nitrogen and oxygen atoms in total. The number of primary amides is 1. The van der Waals surface area contributed by atoms with Crippen LogP contribution in [0.15, 0.2) is 24.3 Å². The maximum atomic E-state index is 11.2. The first kappa shape index (κ1) is 23.4. The number of piperazine rings is 1. The number of carbonyl (C=O) groups excluding carboxylic acids is 1. The van der Waals surface area contributed by atoms with E-state index in [1.165, 1.54) is 31.4 Å². The van der Waals surface area contributed by atoms with E-state index in [1.807, 2.05) is 0 Å². The molecule has 3 aliphatic rings. The first-order chi connectivity index (χ1) is 13.8. The summed E-state index contributed by atoms with van der Waals surface area (Å²) in [5.74, 6) is 1.93. The van der Waals surface area contributed by atoms with Gasteiger partial charge in [-0.2, -0.15) is 0 Å². The van der Waals surface area contributed by atoms with Crippen LogP contribution in [-0.4, -0.2) is 43.0 Å². The topological polar surface area (TPSA) is 49.6 Å². The van der Waals surface area contributed by atoms with Gasteiger partial charge in [-0.1, -0.05) is 39.0 Å². The Morgan fingerprint density at radius 3 is 2.27 bits per heavy atom. The second-order valence-electron chi connectivity index (χ2n) is 10.7. The van der Waals surface area contributed by atoms with Crippen LogP contribution in [0.4, 0.5) is 5.69 Å². The Morgan fingerprint density at radius 2 is 1.67 bits per heavy atom. The predicted octanol–water partition coefficient (Wildman–Crippen LogP) is 4.81. The second kappa shape index (κ2) is 9.48. The molecule has 1 aliphatic heterocycles. The van der Waals surface area contributed by atoms with Crippen molar-refractivity contribution in [2.24, 2.45) is 23.0 Å². The van der Waals surface area contributed by atoms with Gasteiger partial charge in [0.05, 0.1) is 0 Å². The fourth-order valence-corrected chi connectivity index (χ4v) is 5.84. The number of hydrogen-bond acceptors (Lipinski definition) is 3. The van der Waals surface area contributed by atoms with E-state index >= 15 is 0 Å². The SMILES string of the molecule is CC(C)(C)C1CCC(c2ccccc2N2CCN(C3CC3CC(N)=O)CC2)CC1.Cl. The molecule has 0 aromatic heterocycles. The lowest BCUT2D eigenvalue weighted by Gasteiger charge is -2.40.